The maximum Gasteiger partial charge on any atom is 0.165 e. The highest BCUT2D eigenvalue weighted by Gasteiger charge is 2.26. The highest BCUT2D eigenvalue weighted by atomic mass is 19.1. The average molecular weight is 269 g/mol. The second-order valence-electron chi connectivity index (χ2n) is 4.41. The molecule has 0 aromatic heterocycles. The van der Waals surface area contributed by atoms with Gasteiger partial charge in [0.25, 0.3) is 0 Å². The molecule has 2 unspecified atom stereocenters. The van der Waals surface area contributed by atoms with Gasteiger partial charge in [0.2, 0.25) is 0 Å². The Balaban J connectivity index is 2.19. The zero-order valence-electron chi connectivity index (χ0n) is 11.3. The molecule has 1 N–H and O–H groups in total. The Kier molecular flexibility index (Phi) is 5.13. The summed E-state index contributed by atoms with van der Waals surface area (Å²) in [6, 6.07) is 4.90. The van der Waals surface area contributed by atoms with Crippen LogP contribution in [-0.4, -0.2) is 39.6 Å². The molecule has 1 aliphatic rings. The summed E-state index contributed by atoms with van der Waals surface area (Å²) in [6.07, 6.45) is -0.0958. The van der Waals surface area contributed by atoms with E-state index in [0.29, 0.717) is 19.8 Å². The Morgan fingerprint density at radius 3 is 2.89 bits per heavy atom. The zero-order valence-corrected chi connectivity index (χ0v) is 11.3. The van der Waals surface area contributed by atoms with Gasteiger partial charge in [-0.3, -0.25) is 0 Å². The summed E-state index contributed by atoms with van der Waals surface area (Å²) in [4.78, 5) is 0. The van der Waals surface area contributed by atoms with Gasteiger partial charge < -0.3 is 19.5 Å². The van der Waals surface area contributed by atoms with Crippen LogP contribution in [0, 0.1) is 5.82 Å². The molecule has 1 aromatic carbocycles. The van der Waals surface area contributed by atoms with Crippen LogP contribution in [0.2, 0.25) is 0 Å². The van der Waals surface area contributed by atoms with Crippen LogP contribution in [0.25, 0.3) is 0 Å². The van der Waals surface area contributed by atoms with E-state index in [9.17, 15) is 4.39 Å². The summed E-state index contributed by atoms with van der Waals surface area (Å²) < 4.78 is 29.9. The fourth-order valence-corrected chi connectivity index (χ4v) is 2.26. The van der Waals surface area contributed by atoms with Crippen molar-refractivity contribution in [1.29, 1.82) is 0 Å². The SMILES string of the molecule is CCNC(c1ccc(OC)c(F)c1)C1COCCO1. The van der Waals surface area contributed by atoms with Crippen LogP contribution in [-0.2, 0) is 9.47 Å². The number of rotatable bonds is 5. The van der Waals surface area contributed by atoms with E-state index in [1.807, 2.05) is 13.0 Å². The minimum atomic E-state index is -0.361. The first-order valence-electron chi connectivity index (χ1n) is 6.52. The summed E-state index contributed by atoms with van der Waals surface area (Å²) in [5.41, 5.74) is 0.843. The number of likely N-dealkylation sites (N-methyl/N-ethyl adjacent to an activating group) is 1. The molecular weight excluding hydrogens is 249 g/mol. The molecule has 19 heavy (non-hydrogen) atoms. The standard InChI is InChI=1S/C14H20FNO3/c1-3-16-14(13-9-18-6-7-19-13)10-4-5-12(17-2)11(15)8-10/h4-5,8,13-14,16H,3,6-7,9H2,1-2H3. The number of nitrogens with one attached hydrogen (secondary N) is 1. The van der Waals surface area contributed by atoms with Crippen molar-refractivity contribution in [2.24, 2.45) is 0 Å². The molecule has 5 heteroatoms. The highest BCUT2D eigenvalue weighted by Crippen LogP contribution is 2.26. The molecule has 0 spiro atoms. The second-order valence-corrected chi connectivity index (χ2v) is 4.41. The Morgan fingerprint density at radius 2 is 2.32 bits per heavy atom. The van der Waals surface area contributed by atoms with Crippen molar-refractivity contribution in [3.05, 3.63) is 29.6 Å². The average Bonchev–Trinajstić information content (AvgIpc) is 2.45. The van der Waals surface area contributed by atoms with Crippen LogP contribution in [0.4, 0.5) is 4.39 Å². The lowest BCUT2D eigenvalue weighted by atomic mass is 10.0. The highest BCUT2D eigenvalue weighted by molar-refractivity contribution is 5.31. The van der Waals surface area contributed by atoms with E-state index in [4.69, 9.17) is 14.2 Å². The van der Waals surface area contributed by atoms with Gasteiger partial charge in [-0.05, 0) is 24.2 Å². The van der Waals surface area contributed by atoms with Crippen LogP contribution in [0.3, 0.4) is 0 Å². The second kappa shape index (κ2) is 6.84. The molecule has 1 saturated heterocycles. The van der Waals surface area contributed by atoms with E-state index < -0.39 is 0 Å². The third-order valence-corrected chi connectivity index (χ3v) is 3.17. The number of benzene rings is 1. The predicted octanol–water partition coefficient (Wildman–Crippen LogP) is 1.90. The molecule has 2 atom stereocenters. The van der Waals surface area contributed by atoms with E-state index >= 15 is 0 Å². The number of methoxy groups -OCH3 is 1. The Hall–Kier alpha value is -1.17. The summed E-state index contributed by atoms with van der Waals surface area (Å²) in [7, 11) is 1.46. The van der Waals surface area contributed by atoms with Crippen molar-refractivity contribution in [3.63, 3.8) is 0 Å². The van der Waals surface area contributed by atoms with E-state index in [1.54, 1.807) is 6.07 Å². The lowest BCUT2D eigenvalue weighted by molar-refractivity contribution is -0.102. The molecule has 0 bridgehead atoms. The molecule has 0 amide bonds. The molecule has 1 heterocycles. The molecule has 2 rings (SSSR count). The normalized spacial score (nSPS) is 21.1. The van der Waals surface area contributed by atoms with Gasteiger partial charge in [0.15, 0.2) is 11.6 Å². The lowest BCUT2D eigenvalue weighted by Gasteiger charge is -2.31. The van der Waals surface area contributed by atoms with Crippen molar-refractivity contribution in [3.8, 4) is 5.75 Å². The summed E-state index contributed by atoms with van der Waals surface area (Å²) in [5.74, 6) is -0.112. The Bertz CT molecular complexity index is 408. The molecule has 106 valence electrons. The maximum atomic E-state index is 13.8. The number of hydrogen-bond donors (Lipinski definition) is 1. The first-order valence-corrected chi connectivity index (χ1v) is 6.52. The maximum absolute atomic E-state index is 13.8. The minimum absolute atomic E-state index is 0.0780. The lowest BCUT2D eigenvalue weighted by Crippen LogP contribution is -2.40. The quantitative estimate of drug-likeness (QED) is 0.886. The molecule has 0 radical (unpaired) electrons. The Labute approximate surface area is 112 Å². The molecule has 1 aliphatic heterocycles. The molecule has 1 fully saturated rings. The van der Waals surface area contributed by atoms with Crippen molar-refractivity contribution < 1.29 is 18.6 Å². The smallest absolute Gasteiger partial charge is 0.165 e. The largest absolute Gasteiger partial charge is 0.494 e. The van der Waals surface area contributed by atoms with E-state index in [2.05, 4.69) is 5.32 Å². The first kappa shape index (κ1) is 14.2. The van der Waals surface area contributed by atoms with Crippen LogP contribution >= 0.6 is 0 Å². The molecule has 4 nitrogen and oxygen atoms in total. The topological polar surface area (TPSA) is 39.7 Å². The number of halogens is 1. The van der Waals surface area contributed by atoms with Gasteiger partial charge >= 0.3 is 0 Å². The minimum Gasteiger partial charge on any atom is -0.494 e. The van der Waals surface area contributed by atoms with E-state index in [1.165, 1.54) is 13.2 Å². The molecule has 0 saturated carbocycles. The van der Waals surface area contributed by atoms with Crippen LogP contribution in [0.15, 0.2) is 18.2 Å². The third-order valence-electron chi connectivity index (χ3n) is 3.17. The summed E-state index contributed by atoms with van der Waals surface area (Å²) >= 11 is 0. The van der Waals surface area contributed by atoms with Gasteiger partial charge in [0.05, 0.1) is 33.0 Å². The molecule has 1 aromatic rings. The van der Waals surface area contributed by atoms with Gasteiger partial charge in [0, 0.05) is 0 Å². The van der Waals surface area contributed by atoms with Gasteiger partial charge in [-0.15, -0.1) is 0 Å². The monoisotopic (exact) mass is 269 g/mol. The first-order chi connectivity index (χ1) is 9.26. The Morgan fingerprint density at radius 1 is 1.47 bits per heavy atom. The third kappa shape index (κ3) is 3.43. The van der Waals surface area contributed by atoms with E-state index in [-0.39, 0.29) is 23.7 Å². The van der Waals surface area contributed by atoms with Gasteiger partial charge in [-0.1, -0.05) is 13.0 Å². The fraction of sp³-hybridized carbons (Fsp3) is 0.571. The van der Waals surface area contributed by atoms with Crippen molar-refractivity contribution in [2.75, 3.05) is 33.5 Å². The van der Waals surface area contributed by atoms with Crippen LogP contribution in [0.1, 0.15) is 18.5 Å². The zero-order chi connectivity index (χ0) is 13.7. The van der Waals surface area contributed by atoms with Gasteiger partial charge in [0.1, 0.15) is 6.10 Å². The predicted molar refractivity (Wildman–Crippen MR) is 69.9 cm³/mol. The fourth-order valence-electron chi connectivity index (χ4n) is 2.26. The summed E-state index contributed by atoms with van der Waals surface area (Å²) in [5, 5.41) is 3.32. The van der Waals surface area contributed by atoms with Crippen molar-refractivity contribution in [1.82, 2.24) is 5.32 Å². The number of ether oxygens (including phenoxy) is 3. The molecular formula is C14H20FNO3. The van der Waals surface area contributed by atoms with Crippen molar-refractivity contribution in [2.45, 2.75) is 19.1 Å². The van der Waals surface area contributed by atoms with Gasteiger partial charge in [-0.2, -0.15) is 0 Å². The van der Waals surface area contributed by atoms with Crippen molar-refractivity contribution >= 4 is 0 Å². The number of hydrogen-bond acceptors (Lipinski definition) is 4. The van der Waals surface area contributed by atoms with Gasteiger partial charge in [-0.25, -0.2) is 4.39 Å². The van der Waals surface area contributed by atoms with Crippen LogP contribution < -0.4 is 10.1 Å². The summed E-state index contributed by atoms with van der Waals surface area (Å²) in [6.45, 7) is 4.50. The van der Waals surface area contributed by atoms with Crippen LogP contribution in [0.5, 0.6) is 5.75 Å². The van der Waals surface area contributed by atoms with E-state index in [0.717, 1.165) is 12.1 Å². The molecule has 0 aliphatic carbocycles.